The van der Waals surface area contributed by atoms with Crippen LogP contribution in [-0.4, -0.2) is 29.0 Å². The van der Waals surface area contributed by atoms with Gasteiger partial charge in [-0.3, -0.25) is 9.78 Å². The molecule has 6 nitrogen and oxygen atoms in total. The van der Waals surface area contributed by atoms with Gasteiger partial charge in [0.15, 0.2) is 0 Å². The Kier molecular flexibility index (Phi) is 6.65. The molecule has 2 atom stereocenters. The Balaban J connectivity index is 1.65. The van der Waals surface area contributed by atoms with E-state index >= 15 is 0 Å². The minimum atomic E-state index is -1.06. The molecule has 3 aromatic rings. The number of anilines is 1. The molecule has 1 amide bonds. The zero-order valence-electron chi connectivity index (χ0n) is 18.6. The summed E-state index contributed by atoms with van der Waals surface area (Å²) in [5.74, 6) is -3.75. The number of aromatic nitrogens is 2. The molecular formula is C25H23F3N4O2. The molecular weight excluding hydrogens is 445 g/mol. The molecule has 34 heavy (non-hydrogen) atoms. The number of nitrogens with one attached hydrogen (secondary N) is 1. The van der Waals surface area contributed by atoms with Crippen LogP contribution < -0.4 is 15.8 Å². The minimum Gasteiger partial charge on any atom is -0.497 e. The molecule has 2 heterocycles. The molecule has 2 aromatic heterocycles. The molecule has 0 aliphatic heterocycles. The zero-order chi connectivity index (χ0) is 24.4. The van der Waals surface area contributed by atoms with Crippen molar-refractivity contribution < 1.29 is 22.7 Å². The van der Waals surface area contributed by atoms with Gasteiger partial charge in [-0.2, -0.15) is 0 Å². The molecule has 0 saturated carbocycles. The SMILES string of the molecule is COc1cc(F)c(-c2nc(C(=O)Nc3cnccc3[C@@H]3CC(C)=C[C@H](N)C3)ccc2F)c(F)c1. The summed E-state index contributed by atoms with van der Waals surface area (Å²) in [5, 5.41) is 2.75. The van der Waals surface area contributed by atoms with Crippen molar-refractivity contribution in [1.82, 2.24) is 9.97 Å². The van der Waals surface area contributed by atoms with Crippen molar-refractivity contribution in [2.75, 3.05) is 12.4 Å². The molecule has 1 aliphatic rings. The summed E-state index contributed by atoms with van der Waals surface area (Å²) in [6, 6.07) is 5.65. The lowest BCUT2D eigenvalue weighted by atomic mass is 9.82. The van der Waals surface area contributed by atoms with E-state index in [4.69, 9.17) is 10.5 Å². The predicted octanol–water partition coefficient (Wildman–Crippen LogP) is 4.97. The molecule has 1 aliphatic carbocycles. The average molecular weight is 468 g/mol. The van der Waals surface area contributed by atoms with Gasteiger partial charge in [0.1, 0.15) is 34.6 Å². The largest absolute Gasteiger partial charge is 0.497 e. The number of ether oxygens (including phenoxy) is 1. The van der Waals surface area contributed by atoms with Gasteiger partial charge in [0, 0.05) is 24.4 Å². The Hall–Kier alpha value is -3.72. The number of halogens is 3. The maximum absolute atomic E-state index is 14.5. The van der Waals surface area contributed by atoms with Gasteiger partial charge in [0.2, 0.25) is 0 Å². The fourth-order valence-electron chi connectivity index (χ4n) is 4.23. The number of hydrogen-bond donors (Lipinski definition) is 2. The van der Waals surface area contributed by atoms with E-state index in [9.17, 15) is 18.0 Å². The van der Waals surface area contributed by atoms with Crippen LogP contribution in [0.2, 0.25) is 0 Å². The first-order valence-corrected chi connectivity index (χ1v) is 10.6. The molecule has 0 spiro atoms. The minimum absolute atomic E-state index is 0.0651. The van der Waals surface area contributed by atoms with E-state index in [-0.39, 0.29) is 23.4 Å². The first kappa shape index (κ1) is 23.4. The van der Waals surface area contributed by atoms with E-state index in [0.717, 1.165) is 41.8 Å². The molecule has 0 bridgehead atoms. The third-order valence-electron chi connectivity index (χ3n) is 5.73. The van der Waals surface area contributed by atoms with Gasteiger partial charge in [0.05, 0.1) is 24.6 Å². The van der Waals surface area contributed by atoms with Crippen molar-refractivity contribution in [3.8, 4) is 17.0 Å². The van der Waals surface area contributed by atoms with E-state index < -0.39 is 34.6 Å². The molecule has 0 radical (unpaired) electrons. The number of hydrogen-bond acceptors (Lipinski definition) is 5. The lowest BCUT2D eigenvalue weighted by Gasteiger charge is -2.27. The highest BCUT2D eigenvalue weighted by atomic mass is 19.1. The van der Waals surface area contributed by atoms with Crippen molar-refractivity contribution >= 4 is 11.6 Å². The van der Waals surface area contributed by atoms with Gasteiger partial charge in [-0.25, -0.2) is 18.2 Å². The predicted molar refractivity (Wildman–Crippen MR) is 122 cm³/mol. The molecule has 0 unspecified atom stereocenters. The molecule has 1 aromatic carbocycles. The molecule has 176 valence electrons. The Morgan fingerprint density at radius 3 is 2.56 bits per heavy atom. The average Bonchev–Trinajstić information content (AvgIpc) is 2.79. The summed E-state index contributed by atoms with van der Waals surface area (Å²) in [4.78, 5) is 21.0. The third kappa shape index (κ3) is 4.79. The summed E-state index contributed by atoms with van der Waals surface area (Å²) in [6.45, 7) is 2.01. The number of benzene rings is 1. The Morgan fingerprint density at radius 1 is 1.15 bits per heavy atom. The molecule has 4 rings (SSSR count). The number of pyridine rings is 2. The van der Waals surface area contributed by atoms with Crippen LogP contribution in [0.4, 0.5) is 18.9 Å². The molecule has 0 fully saturated rings. The Morgan fingerprint density at radius 2 is 1.88 bits per heavy atom. The number of allylic oxidation sites excluding steroid dienone is 1. The third-order valence-corrected chi connectivity index (χ3v) is 5.73. The molecule has 9 heteroatoms. The van der Waals surface area contributed by atoms with Crippen LogP contribution in [-0.2, 0) is 0 Å². The van der Waals surface area contributed by atoms with Crippen LogP contribution in [0.3, 0.4) is 0 Å². The monoisotopic (exact) mass is 468 g/mol. The van der Waals surface area contributed by atoms with Crippen LogP contribution in [0.5, 0.6) is 5.75 Å². The summed E-state index contributed by atoms with van der Waals surface area (Å²) in [5.41, 5.74) is 7.10. The maximum atomic E-state index is 14.5. The number of carbonyl (C=O) groups is 1. The second kappa shape index (κ2) is 9.64. The zero-order valence-corrected chi connectivity index (χ0v) is 18.6. The summed E-state index contributed by atoms with van der Waals surface area (Å²) >= 11 is 0. The second-order valence-corrected chi connectivity index (χ2v) is 8.22. The Labute approximate surface area is 194 Å². The highest BCUT2D eigenvalue weighted by molar-refractivity contribution is 6.03. The van der Waals surface area contributed by atoms with Crippen molar-refractivity contribution in [1.29, 1.82) is 0 Å². The first-order valence-electron chi connectivity index (χ1n) is 10.6. The van der Waals surface area contributed by atoms with Crippen molar-refractivity contribution in [2.45, 2.75) is 31.7 Å². The van der Waals surface area contributed by atoms with Gasteiger partial charge < -0.3 is 15.8 Å². The summed E-state index contributed by atoms with van der Waals surface area (Å²) in [7, 11) is 1.25. The molecule has 3 N–H and O–H groups in total. The lowest BCUT2D eigenvalue weighted by Crippen LogP contribution is -2.25. The summed E-state index contributed by atoms with van der Waals surface area (Å²) < 4.78 is 48.3. The maximum Gasteiger partial charge on any atom is 0.274 e. The number of nitrogens with zero attached hydrogens (tertiary/aromatic N) is 2. The van der Waals surface area contributed by atoms with Gasteiger partial charge in [-0.15, -0.1) is 0 Å². The quantitative estimate of drug-likeness (QED) is 0.516. The standard InChI is InChI=1S/C25H23F3N4O2/c1-13-7-14(9-15(29)8-13)17-5-6-30-12-22(17)32-25(33)21-4-3-18(26)24(31-21)23-19(27)10-16(34-2)11-20(23)28/h3-6,8,10-12,14-15H,7,9,29H2,1-2H3,(H,32,33)/t14-,15+/m1/s1. The van der Waals surface area contributed by atoms with Crippen LogP contribution in [0.15, 0.2) is 54.4 Å². The van der Waals surface area contributed by atoms with Crippen LogP contribution >= 0.6 is 0 Å². The Bertz CT molecular complexity index is 1260. The van der Waals surface area contributed by atoms with Crippen LogP contribution in [0.25, 0.3) is 11.3 Å². The van der Waals surface area contributed by atoms with Crippen molar-refractivity contribution in [3.05, 3.63) is 83.1 Å². The smallest absolute Gasteiger partial charge is 0.274 e. The highest BCUT2D eigenvalue weighted by Gasteiger charge is 2.24. The molecule has 0 saturated heterocycles. The van der Waals surface area contributed by atoms with E-state index in [1.807, 2.05) is 19.1 Å². The number of amides is 1. The van der Waals surface area contributed by atoms with Gasteiger partial charge in [-0.1, -0.05) is 11.6 Å². The van der Waals surface area contributed by atoms with Gasteiger partial charge >= 0.3 is 0 Å². The lowest BCUT2D eigenvalue weighted by molar-refractivity contribution is 0.102. The van der Waals surface area contributed by atoms with Crippen LogP contribution in [0.1, 0.15) is 41.7 Å². The topological polar surface area (TPSA) is 90.1 Å². The number of methoxy groups -OCH3 is 1. The number of rotatable bonds is 5. The highest BCUT2D eigenvalue weighted by Crippen LogP contribution is 2.36. The summed E-state index contributed by atoms with van der Waals surface area (Å²) in [6.07, 6.45) is 6.67. The van der Waals surface area contributed by atoms with Gasteiger partial charge in [-0.05, 0) is 49.4 Å². The fraction of sp³-hybridized carbons (Fsp3) is 0.240. The van der Waals surface area contributed by atoms with Crippen molar-refractivity contribution in [2.24, 2.45) is 5.73 Å². The van der Waals surface area contributed by atoms with Crippen molar-refractivity contribution in [3.63, 3.8) is 0 Å². The fourth-order valence-corrected chi connectivity index (χ4v) is 4.23. The first-order chi connectivity index (χ1) is 16.3. The van der Waals surface area contributed by atoms with Gasteiger partial charge in [0.25, 0.3) is 5.91 Å². The van der Waals surface area contributed by atoms with E-state index in [1.165, 1.54) is 13.3 Å². The second-order valence-electron chi connectivity index (χ2n) is 8.22. The van der Waals surface area contributed by atoms with E-state index in [0.29, 0.717) is 12.1 Å². The van der Waals surface area contributed by atoms with E-state index in [2.05, 4.69) is 15.3 Å². The number of nitrogens with two attached hydrogens (primary N) is 1. The van der Waals surface area contributed by atoms with E-state index in [1.54, 1.807) is 6.20 Å². The normalized spacial score (nSPS) is 17.8. The van der Waals surface area contributed by atoms with Crippen LogP contribution in [0, 0.1) is 17.5 Å². The number of carbonyl (C=O) groups excluding carboxylic acids is 1.